The number of sulfonamides is 1. The Hall–Kier alpha value is -0.600. The Kier molecular flexibility index (Phi) is 4.86. The van der Waals surface area contributed by atoms with Crippen molar-refractivity contribution in [1.82, 2.24) is 4.72 Å². The number of benzene rings is 1. The van der Waals surface area contributed by atoms with Crippen molar-refractivity contribution in [3.63, 3.8) is 0 Å². The highest BCUT2D eigenvalue weighted by Gasteiger charge is 2.27. The molecule has 7 heteroatoms. The Morgan fingerprint density at radius 2 is 1.95 bits per heavy atom. The van der Waals surface area contributed by atoms with Gasteiger partial charge in [-0.2, -0.15) is 0 Å². The minimum absolute atomic E-state index is 0.0961. The average Bonchev–Trinajstić information content (AvgIpc) is 3.19. The Morgan fingerprint density at radius 1 is 1.32 bits per heavy atom. The number of thioether (sulfide) groups is 1. The fourth-order valence-electron chi connectivity index (χ4n) is 1.45. The quantitative estimate of drug-likeness (QED) is 0.641. The molecule has 2 rings (SSSR count). The molecule has 0 saturated heterocycles. The van der Waals surface area contributed by atoms with Gasteiger partial charge in [-0.25, -0.2) is 13.1 Å². The van der Waals surface area contributed by atoms with Gasteiger partial charge < -0.3 is 10.2 Å². The maximum atomic E-state index is 11.9. The van der Waals surface area contributed by atoms with E-state index in [0.29, 0.717) is 5.75 Å². The van der Waals surface area contributed by atoms with E-state index in [1.807, 2.05) is 0 Å². The minimum Gasteiger partial charge on any atom is -0.394 e. The molecule has 0 heterocycles. The van der Waals surface area contributed by atoms with Gasteiger partial charge in [-0.1, -0.05) is 0 Å². The van der Waals surface area contributed by atoms with Crippen LogP contribution in [0.2, 0.25) is 0 Å². The maximum absolute atomic E-state index is 11.9. The zero-order valence-corrected chi connectivity index (χ0v) is 12.0. The van der Waals surface area contributed by atoms with Gasteiger partial charge in [-0.05, 0) is 37.1 Å². The second-order valence-electron chi connectivity index (χ2n) is 4.51. The lowest BCUT2D eigenvalue weighted by Crippen LogP contribution is -2.25. The average molecular weight is 303 g/mol. The first kappa shape index (κ1) is 14.8. The standard InChI is InChI=1S/C12H17NO4S2/c14-7-10(15)8-18-11-3-5-12(6-4-11)19(16,17)13-9-1-2-9/h3-6,9-10,13-15H,1-2,7-8H2. The lowest BCUT2D eigenvalue weighted by molar-refractivity contribution is 0.113. The third-order valence-electron chi connectivity index (χ3n) is 2.69. The zero-order valence-electron chi connectivity index (χ0n) is 10.3. The van der Waals surface area contributed by atoms with Crippen LogP contribution in [-0.2, 0) is 10.0 Å². The number of aliphatic hydroxyl groups excluding tert-OH is 2. The summed E-state index contributed by atoms with van der Waals surface area (Å²) in [7, 11) is -3.40. The van der Waals surface area contributed by atoms with Crippen molar-refractivity contribution >= 4 is 21.8 Å². The molecule has 0 aliphatic heterocycles. The highest BCUT2D eigenvalue weighted by Crippen LogP contribution is 2.24. The molecule has 1 aliphatic rings. The van der Waals surface area contributed by atoms with Crippen LogP contribution in [0.5, 0.6) is 0 Å². The molecular weight excluding hydrogens is 286 g/mol. The van der Waals surface area contributed by atoms with Gasteiger partial charge >= 0.3 is 0 Å². The van der Waals surface area contributed by atoms with E-state index in [9.17, 15) is 13.5 Å². The Balaban J connectivity index is 1.97. The molecular formula is C12H17NO4S2. The smallest absolute Gasteiger partial charge is 0.240 e. The summed E-state index contributed by atoms with van der Waals surface area (Å²) in [4.78, 5) is 1.12. The molecule has 0 radical (unpaired) electrons. The van der Waals surface area contributed by atoms with Gasteiger partial charge in [-0.3, -0.25) is 0 Å². The van der Waals surface area contributed by atoms with Crippen LogP contribution in [0.3, 0.4) is 0 Å². The molecule has 1 saturated carbocycles. The number of nitrogens with one attached hydrogen (secondary N) is 1. The molecule has 19 heavy (non-hydrogen) atoms. The first-order valence-electron chi connectivity index (χ1n) is 6.05. The van der Waals surface area contributed by atoms with Crippen LogP contribution in [0.4, 0.5) is 0 Å². The van der Waals surface area contributed by atoms with Gasteiger partial charge in [0.05, 0.1) is 17.6 Å². The fourth-order valence-corrected chi connectivity index (χ4v) is 3.57. The molecule has 1 unspecified atom stereocenters. The van der Waals surface area contributed by atoms with Crippen LogP contribution in [-0.4, -0.2) is 43.1 Å². The monoisotopic (exact) mass is 303 g/mol. The summed E-state index contributed by atoms with van der Waals surface area (Å²) < 4.78 is 26.4. The number of rotatable bonds is 7. The first-order valence-corrected chi connectivity index (χ1v) is 8.52. The van der Waals surface area contributed by atoms with Crippen molar-refractivity contribution in [2.24, 2.45) is 0 Å². The molecule has 1 aromatic rings. The Bertz CT molecular complexity index is 511. The molecule has 0 aromatic heterocycles. The van der Waals surface area contributed by atoms with Gasteiger partial charge in [0, 0.05) is 16.7 Å². The van der Waals surface area contributed by atoms with Gasteiger partial charge in [0.2, 0.25) is 10.0 Å². The first-order chi connectivity index (χ1) is 9.01. The van der Waals surface area contributed by atoms with Crippen molar-refractivity contribution in [2.45, 2.75) is 34.8 Å². The van der Waals surface area contributed by atoms with Crippen LogP contribution in [0.1, 0.15) is 12.8 Å². The van der Waals surface area contributed by atoms with Crippen molar-refractivity contribution in [3.8, 4) is 0 Å². The number of hydrogen-bond acceptors (Lipinski definition) is 5. The number of hydrogen-bond donors (Lipinski definition) is 3. The summed E-state index contributed by atoms with van der Waals surface area (Å²) in [5.41, 5.74) is 0. The van der Waals surface area contributed by atoms with E-state index in [0.717, 1.165) is 17.7 Å². The Morgan fingerprint density at radius 3 is 2.47 bits per heavy atom. The van der Waals surface area contributed by atoms with E-state index in [1.165, 1.54) is 11.8 Å². The highest BCUT2D eigenvalue weighted by molar-refractivity contribution is 7.99. The number of aliphatic hydroxyl groups is 2. The predicted molar refractivity (Wildman–Crippen MR) is 73.6 cm³/mol. The fraction of sp³-hybridized carbons (Fsp3) is 0.500. The summed E-state index contributed by atoms with van der Waals surface area (Å²) in [6.45, 7) is -0.273. The predicted octanol–water partition coefficient (Wildman–Crippen LogP) is 0.573. The van der Waals surface area contributed by atoms with Crippen LogP contribution in [0.15, 0.2) is 34.1 Å². The van der Waals surface area contributed by atoms with E-state index < -0.39 is 16.1 Å². The van der Waals surface area contributed by atoms with E-state index in [-0.39, 0.29) is 17.5 Å². The van der Waals surface area contributed by atoms with E-state index >= 15 is 0 Å². The van der Waals surface area contributed by atoms with Crippen LogP contribution < -0.4 is 4.72 Å². The van der Waals surface area contributed by atoms with Crippen molar-refractivity contribution < 1.29 is 18.6 Å². The second kappa shape index (κ2) is 6.23. The lowest BCUT2D eigenvalue weighted by atomic mass is 10.4. The molecule has 1 aromatic carbocycles. The molecule has 1 aliphatic carbocycles. The summed E-state index contributed by atoms with van der Waals surface area (Å²) in [6.07, 6.45) is 1.06. The third-order valence-corrected chi connectivity index (χ3v) is 5.38. The molecule has 5 nitrogen and oxygen atoms in total. The topological polar surface area (TPSA) is 86.6 Å². The maximum Gasteiger partial charge on any atom is 0.240 e. The molecule has 3 N–H and O–H groups in total. The lowest BCUT2D eigenvalue weighted by Gasteiger charge is -2.08. The van der Waals surface area contributed by atoms with Crippen LogP contribution in [0, 0.1) is 0 Å². The zero-order chi connectivity index (χ0) is 13.9. The van der Waals surface area contributed by atoms with Gasteiger partial charge in [0.1, 0.15) is 0 Å². The third kappa shape index (κ3) is 4.47. The van der Waals surface area contributed by atoms with Gasteiger partial charge in [-0.15, -0.1) is 11.8 Å². The van der Waals surface area contributed by atoms with Crippen molar-refractivity contribution in [2.75, 3.05) is 12.4 Å². The van der Waals surface area contributed by atoms with Crippen molar-refractivity contribution in [1.29, 1.82) is 0 Å². The summed E-state index contributed by atoms with van der Waals surface area (Å²) >= 11 is 1.37. The van der Waals surface area contributed by atoms with E-state index in [4.69, 9.17) is 5.11 Å². The largest absolute Gasteiger partial charge is 0.394 e. The minimum atomic E-state index is -3.40. The SMILES string of the molecule is O=S(=O)(NC1CC1)c1ccc(SCC(O)CO)cc1. The summed E-state index contributed by atoms with van der Waals surface area (Å²) in [6, 6.07) is 6.61. The normalized spacial score (nSPS) is 17.4. The summed E-state index contributed by atoms with van der Waals surface area (Å²) in [5.74, 6) is 0.378. The van der Waals surface area contributed by atoms with E-state index in [1.54, 1.807) is 24.3 Å². The molecule has 106 valence electrons. The highest BCUT2D eigenvalue weighted by atomic mass is 32.2. The Labute approximate surface area is 117 Å². The van der Waals surface area contributed by atoms with Gasteiger partial charge in [0.25, 0.3) is 0 Å². The molecule has 0 spiro atoms. The molecule has 1 fully saturated rings. The second-order valence-corrected chi connectivity index (χ2v) is 7.32. The van der Waals surface area contributed by atoms with E-state index in [2.05, 4.69) is 4.72 Å². The molecule has 0 bridgehead atoms. The van der Waals surface area contributed by atoms with Crippen LogP contribution in [0.25, 0.3) is 0 Å². The van der Waals surface area contributed by atoms with Gasteiger partial charge in [0.15, 0.2) is 0 Å². The molecule has 1 atom stereocenters. The molecule has 0 amide bonds. The van der Waals surface area contributed by atoms with Crippen molar-refractivity contribution in [3.05, 3.63) is 24.3 Å². The summed E-state index contributed by atoms with van der Waals surface area (Å²) in [5, 5.41) is 17.9. The van der Waals surface area contributed by atoms with Crippen LogP contribution >= 0.6 is 11.8 Å².